The van der Waals surface area contributed by atoms with Crippen LogP contribution < -0.4 is 11.1 Å². The number of nitriles is 1. The van der Waals surface area contributed by atoms with E-state index in [0.717, 1.165) is 4.90 Å². The third-order valence-electron chi connectivity index (χ3n) is 3.79. The summed E-state index contributed by atoms with van der Waals surface area (Å²) in [5, 5.41) is 11.5. The number of hydrogen-bond acceptors (Lipinski definition) is 6. The lowest BCUT2D eigenvalue weighted by molar-refractivity contribution is -0.134. The molecule has 0 radical (unpaired) electrons. The Bertz CT molecular complexity index is 664. The normalized spacial score (nSPS) is 19.9. The van der Waals surface area contributed by atoms with E-state index in [0.29, 0.717) is 6.42 Å². The van der Waals surface area contributed by atoms with Gasteiger partial charge in [-0.05, 0) is 12.8 Å². The zero-order valence-corrected chi connectivity index (χ0v) is 13.4. The molecule has 1 unspecified atom stereocenters. The quantitative estimate of drug-likeness (QED) is 0.698. The summed E-state index contributed by atoms with van der Waals surface area (Å²) in [6, 6.07) is -0.458. The molecule has 1 aromatic rings. The predicted octanol–water partition coefficient (Wildman–Crippen LogP) is 0.0737. The maximum atomic E-state index is 13.4. The number of nitrogens with two attached hydrogens (primary N) is 1. The molecule has 0 saturated carbocycles. The summed E-state index contributed by atoms with van der Waals surface area (Å²) < 4.78 is 26.7. The van der Waals surface area contributed by atoms with Gasteiger partial charge in [0.2, 0.25) is 5.91 Å². The van der Waals surface area contributed by atoms with Crippen molar-refractivity contribution in [3.05, 3.63) is 24.3 Å². The molecule has 2 amide bonds. The minimum atomic E-state index is -3.07. The van der Waals surface area contributed by atoms with Crippen LogP contribution in [0.2, 0.25) is 0 Å². The number of likely N-dealkylation sites (tertiary alicyclic amines) is 1. The number of aromatic nitrogens is 2. The van der Waals surface area contributed by atoms with E-state index in [9.17, 15) is 18.4 Å². The lowest BCUT2D eigenvalue weighted by Crippen LogP contribution is -2.46. The van der Waals surface area contributed by atoms with E-state index in [-0.39, 0.29) is 18.7 Å². The van der Waals surface area contributed by atoms with E-state index in [1.54, 1.807) is 6.07 Å². The van der Waals surface area contributed by atoms with Gasteiger partial charge in [0.25, 0.3) is 11.8 Å². The van der Waals surface area contributed by atoms with Crippen LogP contribution in [0.5, 0.6) is 0 Å². The first-order chi connectivity index (χ1) is 11.8. The van der Waals surface area contributed by atoms with Gasteiger partial charge in [0.1, 0.15) is 11.7 Å². The Hall–Kier alpha value is -2.67. The first-order valence-electron chi connectivity index (χ1n) is 7.72. The molecule has 2 heterocycles. The summed E-state index contributed by atoms with van der Waals surface area (Å²) in [4.78, 5) is 32.4. The highest BCUT2D eigenvalue weighted by Gasteiger charge is 2.47. The summed E-state index contributed by atoms with van der Waals surface area (Å²) in [7, 11) is 0. The fourth-order valence-corrected chi connectivity index (χ4v) is 2.53. The predicted molar refractivity (Wildman–Crippen MR) is 82.3 cm³/mol. The molecule has 1 aliphatic rings. The van der Waals surface area contributed by atoms with Crippen molar-refractivity contribution in [3.63, 3.8) is 0 Å². The molecule has 0 spiro atoms. The molecule has 3 N–H and O–H groups in total. The maximum absolute atomic E-state index is 13.4. The van der Waals surface area contributed by atoms with Gasteiger partial charge in [-0.1, -0.05) is 0 Å². The second-order valence-corrected chi connectivity index (χ2v) is 5.77. The van der Waals surface area contributed by atoms with E-state index in [1.165, 1.54) is 18.6 Å². The Morgan fingerprint density at radius 1 is 1.52 bits per heavy atom. The van der Waals surface area contributed by atoms with Gasteiger partial charge in [-0.3, -0.25) is 14.6 Å². The Morgan fingerprint density at radius 2 is 2.28 bits per heavy atom. The molecule has 1 saturated heterocycles. The fraction of sp³-hybridized carbons (Fsp3) is 0.533. The molecule has 1 aromatic heterocycles. The molecule has 1 aliphatic heterocycles. The van der Waals surface area contributed by atoms with Gasteiger partial charge in [-0.25, -0.2) is 13.8 Å². The van der Waals surface area contributed by atoms with E-state index in [2.05, 4.69) is 15.3 Å². The van der Waals surface area contributed by atoms with Crippen molar-refractivity contribution in [3.8, 4) is 6.07 Å². The molecule has 8 nitrogen and oxygen atoms in total. The Kier molecular flexibility index (Phi) is 5.93. The number of hydrogen-bond donors (Lipinski definition) is 2. The summed E-state index contributed by atoms with van der Waals surface area (Å²) >= 11 is 0. The topological polar surface area (TPSA) is 125 Å². The van der Waals surface area contributed by atoms with Crippen LogP contribution in [-0.2, 0) is 4.79 Å². The number of nitrogens with one attached hydrogen (secondary N) is 1. The Labute approximate surface area is 143 Å². The number of halogens is 2. The maximum Gasteiger partial charge on any atom is 0.271 e. The van der Waals surface area contributed by atoms with Gasteiger partial charge in [-0.2, -0.15) is 5.26 Å². The monoisotopic (exact) mass is 352 g/mol. The van der Waals surface area contributed by atoms with Crippen molar-refractivity contribution >= 4 is 11.8 Å². The van der Waals surface area contributed by atoms with Crippen molar-refractivity contribution in [1.82, 2.24) is 20.2 Å². The molecule has 0 aliphatic carbocycles. The van der Waals surface area contributed by atoms with Crippen LogP contribution in [-0.4, -0.2) is 57.8 Å². The molecule has 2 rings (SSSR count). The van der Waals surface area contributed by atoms with Gasteiger partial charge < -0.3 is 16.0 Å². The SMILES string of the molecule is N#CC1CC(F)(F)CN1C(=O)[C@@H](N)CCCNC(=O)c1cnccn1. The summed E-state index contributed by atoms with van der Waals surface area (Å²) in [5.74, 6) is -4.15. The highest BCUT2D eigenvalue weighted by atomic mass is 19.3. The first kappa shape index (κ1) is 18.7. The minimum Gasteiger partial charge on any atom is -0.351 e. The molecule has 2 atom stereocenters. The minimum absolute atomic E-state index is 0.166. The molecule has 0 aromatic carbocycles. The Morgan fingerprint density at radius 3 is 2.92 bits per heavy atom. The van der Waals surface area contributed by atoms with E-state index < -0.39 is 42.8 Å². The van der Waals surface area contributed by atoms with Gasteiger partial charge in [0, 0.05) is 25.4 Å². The largest absolute Gasteiger partial charge is 0.351 e. The number of nitrogens with zero attached hydrogens (tertiary/aromatic N) is 4. The van der Waals surface area contributed by atoms with Crippen LogP contribution in [0.15, 0.2) is 18.6 Å². The smallest absolute Gasteiger partial charge is 0.271 e. The second kappa shape index (κ2) is 7.94. The third-order valence-corrected chi connectivity index (χ3v) is 3.79. The highest BCUT2D eigenvalue weighted by molar-refractivity contribution is 5.91. The van der Waals surface area contributed by atoms with Crippen LogP contribution >= 0.6 is 0 Å². The Balaban J connectivity index is 1.76. The van der Waals surface area contributed by atoms with Crippen LogP contribution in [0.1, 0.15) is 29.8 Å². The van der Waals surface area contributed by atoms with Gasteiger partial charge in [-0.15, -0.1) is 0 Å². The fourth-order valence-electron chi connectivity index (χ4n) is 2.53. The lowest BCUT2D eigenvalue weighted by atomic mass is 10.1. The molecule has 25 heavy (non-hydrogen) atoms. The van der Waals surface area contributed by atoms with E-state index in [1.807, 2.05) is 0 Å². The van der Waals surface area contributed by atoms with Crippen molar-refractivity contribution in [2.75, 3.05) is 13.1 Å². The van der Waals surface area contributed by atoms with Crippen LogP contribution in [0.4, 0.5) is 8.78 Å². The average molecular weight is 352 g/mol. The van der Waals surface area contributed by atoms with E-state index in [4.69, 9.17) is 11.0 Å². The van der Waals surface area contributed by atoms with Gasteiger partial charge in [0.15, 0.2) is 0 Å². The molecular weight excluding hydrogens is 334 g/mol. The van der Waals surface area contributed by atoms with Gasteiger partial charge in [0.05, 0.1) is 24.9 Å². The summed E-state index contributed by atoms with van der Waals surface area (Å²) in [6.45, 7) is -0.546. The van der Waals surface area contributed by atoms with Crippen LogP contribution in [0.25, 0.3) is 0 Å². The summed E-state index contributed by atoms with van der Waals surface area (Å²) in [5.41, 5.74) is 5.92. The third kappa shape index (κ3) is 4.90. The standard InChI is InChI=1S/C15H18F2N6O2/c16-15(17)6-10(7-18)23(9-15)14(25)11(19)2-1-3-22-13(24)12-8-20-4-5-21-12/h4-5,8,10-11H,1-3,6,9,19H2,(H,22,24)/t10?,11-/m0/s1. The molecule has 0 bridgehead atoms. The number of rotatable bonds is 6. The van der Waals surface area contributed by atoms with Crippen molar-refractivity contribution in [2.45, 2.75) is 37.3 Å². The highest BCUT2D eigenvalue weighted by Crippen LogP contribution is 2.32. The molecule has 134 valence electrons. The molecule has 1 fully saturated rings. The number of amides is 2. The zero-order chi connectivity index (χ0) is 18.4. The molecule has 10 heteroatoms. The number of alkyl halides is 2. The van der Waals surface area contributed by atoms with E-state index >= 15 is 0 Å². The lowest BCUT2D eigenvalue weighted by Gasteiger charge is -2.23. The molecular formula is C15H18F2N6O2. The van der Waals surface area contributed by atoms with Crippen molar-refractivity contribution in [1.29, 1.82) is 5.26 Å². The second-order valence-electron chi connectivity index (χ2n) is 5.77. The number of carbonyl (C=O) groups excluding carboxylic acids is 2. The van der Waals surface area contributed by atoms with Gasteiger partial charge >= 0.3 is 0 Å². The first-order valence-corrected chi connectivity index (χ1v) is 7.72. The van der Waals surface area contributed by atoms with Crippen LogP contribution in [0, 0.1) is 11.3 Å². The zero-order valence-electron chi connectivity index (χ0n) is 13.4. The summed E-state index contributed by atoms with van der Waals surface area (Å²) in [6.07, 6.45) is 4.05. The van der Waals surface area contributed by atoms with Crippen LogP contribution in [0.3, 0.4) is 0 Å². The van der Waals surface area contributed by atoms with Crippen molar-refractivity contribution in [2.24, 2.45) is 5.73 Å². The van der Waals surface area contributed by atoms with Crippen molar-refractivity contribution < 1.29 is 18.4 Å². The average Bonchev–Trinajstić information content (AvgIpc) is 2.93. The number of carbonyl (C=O) groups is 2.